The van der Waals surface area contributed by atoms with Crippen LogP contribution in [0.1, 0.15) is 50.4 Å². The molecule has 1 aliphatic rings. The summed E-state index contributed by atoms with van der Waals surface area (Å²) in [6, 6.07) is 20.8. The molecule has 7 nitrogen and oxygen atoms in total. The molecule has 1 aromatic heterocycles. The number of allylic oxidation sites excluding steroid dienone is 1. The lowest BCUT2D eigenvalue weighted by Crippen LogP contribution is -2.39. The Bertz CT molecular complexity index is 1840. The van der Waals surface area contributed by atoms with E-state index >= 15 is 0 Å². The summed E-state index contributed by atoms with van der Waals surface area (Å²) in [4.78, 5) is 32.4. The first kappa shape index (κ1) is 31.5. The van der Waals surface area contributed by atoms with E-state index in [9.17, 15) is 9.59 Å². The van der Waals surface area contributed by atoms with Crippen molar-refractivity contribution in [3.8, 4) is 11.5 Å². The van der Waals surface area contributed by atoms with Gasteiger partial charge in [-0.3, -0.25) is 9.36 Å². The molecule has 0 fully saturated rings. The minimum absolute atomic E-state index is 0.0244. The Morgan fingerprint density at radius 1 is 1.07 bits per heavy atom. The molecule has 0 radical (unpaired) electrons. The Balaban J connectivity index is 1.55. The van der Waals surface area contributed by atoms with Crippen LogP contribution in [0.3, 0.4) is 0 Å². The zero-order valence-corrected chi connectivity index (χ0v) is 29.2. The van der Waals surface area contributed by atoms with Gasteiger partial charge >= 0.3 is 5.97 Å². The number of benzene rings is 3. The third kappa shape index (κ3) is 7.07. The first-order valence-corrected chi connectivity index (χ1v) is 16.8. The number of halogens is 2. The molecule has 10 heteroatoms. The van der Waals surface area contributed by atoms with Crippen LogP contribution in [0, 0.1) is 7.14 Å². The molecular weight excluding hydrogens is 790 g/mol. The monoisotopic (exact) mass is 820 g/mol. The summed E-state index contributed by atoms with van der Waals surface area (Å²) in [5.41, 5.74) is 3.39. The van der Waals surface area contributed by atoms with Gasteiger partial charge in [-0.05, 0) is 120 Å². The van der Waals surface area contributed by atoms with E-state index in [0.29, 0.717) is 33.0 Å². The van der Waals surface area contributed by atoms with E-state index in [1.807, 2.05) is 86.7 Å². The predicted molar refractivity (Wildman–Crippen MR) is 185 cm³/mol. The normalized spacial score (nSPS) is 14.9. The molecule has 5 rings (SSSR count). The molecule has 3 aromatic carbocycles. The van der Waals surface area contributed by atoms with Gasteiger partial charge in [0.15, 0.2) is 4.80 Å². The number of thiazole rings is 1. The van der Waals surface area contributed by atoms with Gasteiger partial charge in [-0.15, -0.1) is 0 Å². The Labute approximate surface area is 281 Å². The third-order valence-corrected chi connectivity index (χ3v) is 9.21. The Morgan fingerprint density at radius 3 is 2.37 bits per heavy atom. The van der Waals surface area contributed by atoms with Gasteiger partial charge in [-0.1, -0.05) is 53.8 Å². The first-order valence-electron chi connectivity index (χ1n) is 13.8. The molecular formula is C33H30I2N2O5S. The summed E-state index contributed by atoms with van der Waals surface area (Å²) in [6.07, 6.45) is 1.89. The quantitative estimate of drug-likeness (QED) is 0.145. The zero-order chi connectivity index (χ0) is 30.7. The summed E-state index contributed by atoms with van der Waals surface area (Å²) in [7, 11) is 0. The molecule has 0 saturated carbocycles. The highest BCUT2D eigenvalue weighted by molar-refractivity contribution is 14.1. The van der Waals surface area contributed by atoms with Gasteiger partial charge in [0.25, 0.3) is 5.56 Å². The molecule has 0 N–H and O–H groups in total. The molecule has 0 bridgehead atoms. The largest absolute Gasteiger partial charge is 0.491 e. The molecule has 0 unspecified atom stereocenters. The van der Waals surface area contributed by atoms with Crippen LogP contribution in [-0.4, -0.2) is 23.2 Å². The van der Waals surface area contributed by atoms with Gasteiger partial charge in [-0.25, -0.2) is 9.79 Å². The van der Waals surface area contributed by atoms with Crippen LogP contribution >= 0.6 is 56.5 Å². The number of rotatable bonds is 9. The SMILES string of the molecule is CCOC(=O)C1=C(C)N=c2s/c(=C\c3cc(I)c(OCc4ccccc4)c(I)c3)c(=O)n2[C@@H]1c1ccc(OC(C)C)cc1. The number of hydrogen-bond donors (Lipinski definition) is 0. The van der Waals surface area contributed by atoms with Crippen molar-refractivity contribution in [3.05, 3.63) is 122 Å². The topological polar surface area (TPSA) is 79.1 Å². The van der Waals surface area contributed by atoms with Crippen molar-refractivity contribution in [1.29, 1.82) is 0 Å². The third-order valence-electron chi connectivity index (χ3n) is 6.63. The maximum absolute atomic E-state index is 14.0. The molecule has 1 atom stereocenters. The molecule has 0 saturated heterocycles. The van der Waals surface area contributed by atoms with Crippen molar-refractivity contribution in [2.24, 2.45) is 4.99 Å². The van der Waals surface area contributed by atoms with Gasteiger partial charge in [0.2, 0.25) is 0 Å². The number of carbonyl (C=O) groups is 1. The van der Waals surface area contributed by atoms with Crippen molar-refractivity contribution in [2.75, 3.05) is 6.61 Å². The predicted octanol–water partition coefficient (Wildman–Crippen LogP) is 6.37. The van der Waals surface area contributed by atoms with Gasteiger partial charge in [-0.2, -0.15) is 0 Å². The highest BCUT2D eigenvalue weighted by Gasteiger charge is 2.33. The highest BCUT2D eigenvalue weighted by atomic mass is 127. The fourth-order valence-corrected chi connectivity index (χ4v) is 7.96. The molecule has 0 aliphatic carbocycles. The van der Waals surface area contributed by atoms with Crippen molar-refractivity contribution in [1.82, 2.24) is 4.57 Å². The van der Waals surface area contributed by atoms with Gasteiger partial charge in [0.05, 0.1) is 41.7 Å². The summed E-state index contributed by atoms with van der Waals surface area (Å²) in [5, 5.41) is 0. The van der Waals surface area contributed by atoms with Gasteiger partial charge in [0.1, 0.15) is 18.1 Å². The van der Waals surface area contributed by atoms with Crippen molar-refractivity contribution in [3.63, 3.8) is 0 Å². The van der Waals surface area contributed by atoms with Gasteiger partial charge < -0.3 is 14.2 Å². The molecule has 1 aliphatic heterocycles. The van der Waals surface area contributed by atoms with E-state index in [0.717, 1.165) is 29.6 Å². The molecule has 43 heavy (non-hydrogen) atoms. The van der Waals surface area contributed by atoms with Crippen LogP contribution in [0.15, 0.2) is 87.8 Å². The van der Waals surface area contributed by atoms with Crippen molar-refractivity contribution in [2.45, 2.75) is 46.4 Å². The first-order chi connectivity index (χ1) is 20.7. The lowest BCUT2D eigenvalue weighted by Gasteiger charge is -2.25. The number of ether oxygens (including phenoxy) is 3. The molecule has 2 heterocycles. The smallest absolute Gasteiger partial charge is 0.338 e. The van der Waals surface area contributed by atoms with Gasteiger partial charge in [0, 0.05) is 0 Å². The van der Waals surface area contributed by atoms with Crippen LogP contribution in [0.4, 0.5) is 0 Å². The van der Waals surface area contributed by atoms with Crippen LogP contribution in [0.2, 0.25) is 0 Å². The van der Waals surface area contributed by atoms with E-state index < -0.39 is 12.0 Å². The standard InChI is InChI=1S/C33H30I2N2O5S/c1-5-40-32(39)28-20(4)36-33-37(29(28)23-11-13-24(14-12-23)42-19(2)3)31(38)27(43-33)17-22-15-25(34)30(26(35)16-22)41-18-21-9-7-6-8-10-21/h6-17,19,29H,5,18H2,1-4H3/b27-17-/t29-/m1/s1. The van der Waals surface area contributed by atoms with Crippen LogP contribution < -0.4 is 24.4 Å². The Hall–Kier alpha value is -2.97. The lowest BCUT2D eigenvalue weighted by atomic mass is 9.96. The average Bonchev–Trinajstić information content (AvgIpc) is 3.26. The lowest BCUT2D eigenvalue weighted by molar-refractivity contribution is -0.139. The van der Waals surface area contributed by atoms with Crippen molar-refractivity contribution >= 4 is 68.6 Å². The second kappa shape index (κ2) is 13.8. The number of esters is 1. The van der Waals surface area contributed by atoms with E-state index in [4.69, 9.17) is 14.2 Å². The maximum atomic E-state index is 14.0. The minimum atomic E-state index is -0.681. The fourth-order valence-electron chi connectivity index (χ4n) is 4.79. The average molecular weight is 820 g/mol. The van der Waals surface area contributed by atoms with Crippen molar-refractivity contribution < 1.29 is 19.0 Å². The van der Waals surface area contributed by atoms with Crippen LogP contribution in [0.5, 0.6) is 11.5 Å². The summed E-state index contributed by atoms with van der Waals surface area (Å²) in [5.74, 6) is 1.04. The van der Waals surface area contributed by atoms with E-state index in [1.165, 1.54) is 11.3 Å². The summed E-state index contributed by atoms with van der Waals surface area (Å²) >= 11 is 5.84. The number of hydrogen-bond acceptors (Lipinski definition) is 7. The second-order valence-corrected chi connectivity index (χ2v) is 13.5. The van der Waals surface area contributed by atoms with Crippen LogP contribution in [0.25, 0.3) is 6.08 Å². The zero-order valence-electron chi connectivity index (χ0n) is 24.1. The molecule has 0 spiro atoms. The van der Waals surface area contributed by atoms with E-state index in [2.05, 4.69) is 50.2 Å². The highest BCUT2D eigenvalue weighted by Crippen LogP contribution is 2.32. The van der Waals surface area contributed by atoms with E-state index in [-0.39, 0.29) is 18.3 Å². The number of carbonyl (C=O) groups excluding carboxylic acids is 1. The number of aromatic nitrogens is 1. The maximum Gasteiger partial charge on any atom is 0.338 e. The molecule has 4 aromatic rings. The number of fused-ring (bicyclic) bond motifs is 1. The fraction of sp³-hybridized carbons (Fsp3) is 0.242. The van der Waals surface area contributed by atoms with Crippen LogP contribution in [-0.2, 0) is 16.1 Å². The Kier molecular flexibility index (Phi) is 10.1. The molecule has 222 valence electrons. The second-order valence-electron chi connectivity index (χ2n) is 10.1. The van der Waals surface area contributed by atoms with E-state index in [1.54, 1.807) is 18.4 Å². The Morgan fingerprint density at radius 2 is 1.74 bits per heavy atom. The summed E-state index contributed by atoms with van der Waals surface area (Å²) in [6.45, 7) is 8.16. The molecule has 0 amide bonds. The number of nitrogens with zero attached hydrogens (tertiary/aromatic N) is 2. The minimum Gasteiger partial charge on any atom is -0.491 e. The summed E-state index contributed by atoms with van der Waals surface area (Å²) < 4.78 is 21.4.